The molecule has 144 valence electrons. The van der Waals surface area contributed by atoms with E-state index in [9.17, 15) is 18.0 Å². The second-order valence-corrected chi connectivity index (χ2v) is 6.29. The number of benzene rings is 2. The second kappa shape index (κ2) is 7.67. The first-order valence-corrected chi connectivity index (χ1v) is 8.37. The highest BCUT2D eigenvalue weighted by Gasteiger charge is 2.33. The molecule has 28 heavy (non-hydrogen) atoms. The molecule has 0 aliphatic heterocycles. The summed E-state index contributed by atoms with van der Waals surface area (Å²) in [7, 11) is 0. The first-order chi connectivity index (χ1) is 13.2. The number of para-hydroxylation sites is 1. The lowest BCUT2D eigenvalue weighted by Crippen LogP contribution is -2.17. The maximum absolute atomic E-state index is 13.0. The van der Waals surface area contributed by atoms with Crippen LogP contribution in [0.5, 0.6) is 0 Å². The SMILES string of the molecule is Cc1cc(C)cc(Nc2ncc(C(=O)Nc3ccccc3C(F)(F)F)cn2)c1. The van der Waals surface area contributed by atoms with Crippen LogP contribution in [0.2, 0.25) is 0 Å². The Balaban J connectivity index is 1.74. The number of amides is 1. The van der Waals surface area contributed by atoms with Crippen molar-refractivity contribution in [2.24, 2.45) is 0 Å². The summed E-state index contributed by atoms with van der Waals surface area (Å²) in [6.45, 7) is 3.93. The van der Waals surface area contributed by atoms with Crippen molar-refractivity contribution in [2.45, 2.75) is 20.0 Å². The number of hydrogen-bond acceptors (Lipinski definition) is 4. The van der Waals surface area contributed by atoms with Crippen molar-refractivity contribution in [1.29, 1.82) is 0 Å². The van der Waals surface area contributed by atoms with E-state index in [4.69, 9.17) is 0 Å². The molecule has 0 radical (unpaired) electrons. The van der Waals surface area contributed by atoms with Gasteiger partial charge in [-0.3, -0.25) is 4.79 Å². The largest absolute Gasteiger partial charge is 0.418 e. The van der Waals surface area contributed by atoms with E-state index in [2.05, 4.69) is 20.6 Å². The molecule has 1 aromatic heterocycles. The van der Waals surface area contributed by atoms with Gasteiger partial charge in [0.2, 0.25) is 5.95 Å². The van der Waals surface area contributed by atoms with Crippen molar-refractivity contribution in [2.75, 3.05) is 10.6 Å². The average molecular weight is 386 g/mol. The maximum Gasteiger partial charge on any atom is 0.418 e. The van der Waals surface area contributed by atoms with Crippen molar-refractivity contribution in [3.8, 4) is 0 Å². The van der Waals surface area contributed by atoms with E-state index in [-0.39, 0.29) is 17.2 Å². The normalized spacial score (nSPS) is 11.2. The molecule has 0 aliphatic rings. The van der Waals surface area contributed by atoms with Gasteiger partial charge in [-0.15, -0.1) is 0 Å². The first-order valence-electron chi connectivity index (χ1n) is 8.37. The fourth-order valence-corrected chi connectivity index (χ4v) is 2.72. The molecule has 0 atom stereocenters. The van der Waals surface area contributed by atoms with Crippen molar-refractivity contribution in [3.05, 3.63) is 77.1 Å². The molecule has 0 saturated carbocycles. The van der Waals surface area contributed by atoms with E-state index in [0.29, 0.717) is 0 Å². The van der Waals surface area contributed by atoms with Crippen LogP contribution in [-0.4, -0.2) is 15.9 Å². The van der Waals surface area contributed by atoms with Gasteiger partial charge in [0.05, 0.1) is 16.8 Å². The zero-order valence-corrected chi connectivity index (χ0v) is 15.1. The van der Waals surface area contributed by atoms with Gasteiger partial charge in [0.25, 0.3) is 5.91 Å². The Kier molecular flexibility index (Phi) is 5.30. The van der Waals surface area contributed by atoms with E-state index in [1.807, 2.05) is 32.0 Å². The molecule has 0 aliphatic carbocycles. The van der Waals surface area contributed by atoms with Crippen LogP contribution in [0.25, 0.3) is 0 Å². The standard InChI is InChI=1S/C20H17F3N4O/c1-12-7-13(2)9-15(8-12)26-19-24-10-14(11-25-19)18(28)27-17-6-4-3-5-16(17)20(21,22)23/h3-11H,1-2H3,(H,27,28)(H,24,25,26). The topological polar surface area (TPSA) is 66.9 Å². The summed E-state index contributed by atoms with van der Waals surface area (Å²) in [5.74, 6) is -0.452. The van der Waals surface area contributed by atoms with Crippen LogP contribution in [0.3, 0.4) is 0 Å². The summed E-state index contributed by atoms with van der Waals surface area (Å²) in [5.41, 5.74) is 1.75. The van der Waals surface area contributed by atoms with Crippen LogP contribution in [0, 0.1) is 13.8 Å². The highest BCUT2D eigenvalue weighted by molar-refractivity contribution is 6.04. The van der Waals surface area contributed by atoms with Crippen molar-refractivity contribution in [3.63, 3.8) is 0 Å². The predicted octanol–water partition coefficient (Wildman–Crippen LogP) is 5.11. The zero-order valence-electron chi connectivity index (χ0n) is 15.1. The van der Waals surface area contributed by atoms with E-state index in [0.717, 1.165) is 22.9 Å². The molecule has 0 spiro atoms. The predicted molar refractivity (Wildman–Crippen MR) is 101 cm³/mol. The van der Waals surface area contributed by atoms with Crippen LogP contribution < -0.4 is 10.6 Å². The van der Waals surface area contributed by atoms with Crippen molar-refractivity contribution in [1.82, 2.24) is 9.97 Å². The van der Waals surface area contributed by atoms with Crippen molar-refractivity contribution < 1.29 is 18.0 Å². The van der Waals surface area contributed by atoms with E-state index < -0.39 is 17.6 Å². The second-order valence-electron chi connectivity index (χ2n) is 6.29. The van der Waals surface area contributed by atoms with E-state index >= 15 is 0 Å². The number of anilines is 3. The Bertz CT molecular complexity index is 981. The third kappa shape index (κ3) is 4.64. The molecule has 0 bridgehead atoms. The maximum atomic E-state index is 13.0. The Morgan fingerprint density at radius 1 is 0.964 bits per heavy atom. The molecule has 0 unspecified atom stereocenters. The summed E-state index contributed by atoms with van der Waals surface area (Å²) >= 11 is 0. The zero-order chi connectivity index (χ0) is 20.3. The van der Waals surface area contributed by atoms with Crippen LogP contribution in [-0.2, 0) is 6.18 Å². The molecule has 1 amide bonds. The number of aromatic nitrogens is 2. The number of alkyl halides is 3. The minimum atomic E-state index is -4.57. The fraction of sp³-hybridized carbons (Fsp3) is 0.150. The quantitative estimate of drug-likeness (QED) is 0.654. The molecule has 2 N–H and O–H groups in total. The Hall–Kier alpha value is -3.42. The smallest absolute Gasteiger partial charge is 0.324 e. The highest BCUT2D eigenvalue weighted by Crippen LogP contribution is 2.34. The summed E-state index contributed by atoms with van der Waals surface area (Å²) < 4.78 is 39.1. The van der Waals surface area contributed by atoms with E-state index in [1.54, 1.807) is 0 Å². The molecule has 3 rings (SSSR count). The van der Waals surface area contributed by atoms with E-state index in [1.165, 1.54) is 30.6 Å². The third-order valence-electron chi connectivity index (χ3n) is 3.87. The lowest BCUT2D eigenvalue weighted by atomic mass is 10.1. The van der Waals surface area contributed by atoms with Crippen molar-refractivity contribution >= 4 is 23.2 Å². The molecule has 0 saturated heterocycles. The summed E-state index contributed by atoms with van der Waals surface area (Å²) in [4.78, 5) is 20.4. The lowest BCUT2D eigenvalue weighted by Gasteiger charge is -2.13. The summed E-state index contributed by atoms with van der Waals surface area (Å²) in [6, 6.07) is 10.6. The van der Waals surface area contributed by atoms with Gasteiger partial charge in [-0.25, -0.2) is 9.97 Å². The molecular formula is C20H17F3N4O. The molecule has 1 heterocycles. The number of aryl methyl sites for hydroxylation is 2. The number of halogens is 3. The van der Waals surface area contributed by atoms with Gasteiger partial charge >= 0.3 is 6.18 Å². The van der Waals surface area contributed by atoms with Crippen LogP contribution in [0.15, 0.2) is 54.9 Å². The van der Waals surface area contributed by atoms with Gasteiger partial charge in [0.15, 0.2) is 0 Å². The van der Waals surface area contributed by atoms with Crippen LogP contribution >= 0.6 is 0 Å². The number of carbonyl (C=O) groups excluding carboxylic acids is 1. The van der Waals surface area contributed by atoms with Gasteiger partial charge in [-0.1, -0.05) is 18.2 Å². The fourth-order valence-electron chi connectivity index (χ4n) is 2.72. The monoisotopic (exact) mass is 386 g/mol. The molecule has 5 nitrogen and oxygen atoms in total. The Morgan fingerprint density at radius 3 is 2.18 bits per heavy atom. The van der Waals surface area contributed by atoms with Crippen LogP contribution in [0.1, 0.15) is 27.0 Å². The van der Waals surface area contributed by atoms with Gasteiger partial charge in [-0.05, 0) is 49.2 Å². The van der Waals surface area contributed by atoms with Gasteiger partial charge < -0.3 is 10.6 Å². The van der Waals surface area contributed by atoms with Gasteiger partial charge in [-0.2, -0.15) is 13.2 Å². The number of nitrogens with one attached hydrogen (secondary N) is 2. The Labute approximate surface area is 159 Å². The average Bonchev–Trinajstić information content (AvgIpc) is 2.61. The minimum absolute atomic E-state index is 0.0444. The van der Waals surface area contributed by atoms with Gasteiger partial charge in [0.1, 0.15) is 0 Å². The molecule has 3 aromatic rings. The Morgan fingerprint density at radius 2 is 1.57 bits per heavy atom. The highest BCUT2D eigenvalue weighted by atomic mass is 19.4. The summed E-state index contributed by atoms with van der Waals surface area (Å²) in [5, 5.41) is 5.29. The minimum Gasteiger partial charge on any atom is -0.324 e. The van der Waals surface area contributed by atoms with Crippen LogP contribution in [0.4, 0.5) is 30.5 Å². The molecule has 0 fully saturated rings. The molecular weight excluding hydrogens is 369 g/mol. The number of carbonyl (C=O) groups is 1. The first kappa shape index (κ1) is 19.3. The number of nitrogens with zero attached hydrogens (tertiary/aromatic N) is 2. The number of rotatable bonds is 4. The molecule has 2 aromatic carbocycles. The lowest BCUT2D eigenvalue weighted by molar-refractivity contribution is -0.136. The molecule has 8 heteroatoms. The number of hydrogen-bond donors (Lipinski definition) is 2. The summed E-state index contributed by atoms with van der Waals surface area (Å²) in [6.07, 6.45) is -2.06. The van der Waals surface area contributed by atoms with Gasteiger partial charge in [0, 0.05) is 18.1 Å². The third-order valence-corrected chi connectivity index (χ3v) is 3.87.